The lowest BCUT2D eigenvalue weighted by molar-refractivity contribution is 0.112. The Labute approximate surface area is 137 Å². The molecule has 0 spiro atoms. The Bertz CT molecular complexity index is 707. The van der Waals surface area contributed by atoms with Crippen LogP contribution in [0.3, 0.4) is 0 Å². The highest BCUT2D eigenvalue weighted by Gasteiger charge is 2.24. The first-order valence-electron chi connectivity index (χ1n) is 7.63. The standard InChI is InChI=1S/C17H15BOS.C2H6/c1-12-3-7-16-14(9-12)5-6-15-10-13(11-19)4-8-17(15)18(16)20-2;1-2/h3-11H,1-2H3;1-2H3. The first-order valence-corrected chi connectivity index (χ1v) is 8.92. The van der Waals surface area contributed by atoms with Crippen molar-refractivity contribution >= 4 is 47.0 Å². The van der Waals surface area contributed by atoms with E-state index < -0.39 is 0 Å². The van der Waals surface area contributed by atoms with E-state index in [9.17, 15) is 4.79 Å². The summed E-state index contributed by atoms with van der Waals surface area (Å²) in [5.74, 6) is 0.316. The molecule has 0 saturated heterocycles. The highest BCUT2D eigenvalue weighted by Crippen LogP contribution is 2.18. The largest absolute Gasteiger partial charge is 0.298 e. The second-order valence-electron chi connectivity index (χ2n) is 5.09. The van der Waals surface area contributed by atoms with Gasteiger partial charge in [0.2, 0.25) is 0 Å². The lowest BCUT2D eigenvalue weighted by Gasteiger charge is -2.15. The van der Waals surface area contributed by atoms with Crippen LogP contribution in [0.5, 0.6) is 0 Å². The molecule has 2 aromatic rings. The number of aryl methyl sites for hydroxylation is 1. The zero-order valence-electron chi connectivity index (χ0n) is 13.6. The number of benzene rings is 2. The molecule has 1 aliphatic rings. The minimum Gasteiger partial charge on any atom is -0.298 e. The molecule has 112 valence electrons. The molecule has 0 atom stereocenters. The molecule has 1 heterocycles. The summed E-state index contributed by atoms with van der Waals surface area (Å²) < 4.78 is 0. The van der Waals surface area contributed by atoms with Crippen LogP contribution in [0.15, 0.2) is 36.4 Å². The van der Waals surface area contributed by atoms with E-state index in [1.165, 1.54) is 22.1 Å². The van der Waals surface area contributed by atoms with Gasteiger partial charge in [0.1, 0.15) is 6.29 Å². The third kappa shape index (κ3) is 3.20. The van der Waals surface area contributed by atoms with Crippen molar-refractivity contribution in [3.63, 3.8) is 0 Å². The van der Waals surface area contributed by atoms with E-state index in [2.05, 4.69) is 49.6 Å². The van der Waals surface area contributed by atoms with Gasteiger partial charge in [0.15, 0.2) is 0 Å². The summed E-state index contributed by atoms with van der Waals surface area (Å²) in [5, 5.41) is 0. The Balaban J connectivity index is 0.000000847. The average Bonchev–Trinajstić information content (AvgIpc) is 2.72. The first-order chi connectivity index (χ1) is 10.7. The van der Waals surface area contributed by atoms with Crippen molar-refractivity contribution in [1.29, 1.82) is 0 Å². The number of hydrogen-bond acceptors (Lipinski definition) is 2. The molecule has 0 N–H and O–H groups in total. The van der Waals surface area contributed by atoms with Crippen LogP contribution in [0.2, 0.25) is 0 Å². The van der Waals surface area contributed by atoms with Crippen molar-refractivity contribution in [3.05, 3.63) is 58.7 Å². The van der Waals surface area contributed by atoms with Crippen molar-refractivity contribution in [2.75, 3.05) is 6.26 Å². The minimum absolute atomic E-state index is 0.316. The van der Waals surface area contributed by atoms with E-state index in [0.29, 0.717) is 5.99 Å². The summed E-state index contributed by atoms with van der Waals surface area (Å²) in [6.45, 7) is 6.12. The molecule has 0 saturated carbocycles. The normalized spacial score (nSPS) is 11.7. The second kappa shape index (κ2) is 7.50. The maximum atomic E-state index is 11.0. The quantitative estimate of drug-likeness (QED) is 0.620. The maximum Gasteiger partial charge on any atom is 0.275 e. The van der Waals surface area contributed by atoms with Crippen molar-refractivity contribution in [2.45, 2.75) is 20.8 Å². The smallest absolute Gasteiger partial charge is 0.275 e. The van der Waals surface area contributed by atoms with Gasteiger partial charge in [-0.1, -0.05) is 72.8 Å². The van der Waals surface area contributed by atoms with Gasteiger partial charge >= 0.3 is 0 Å². The van der Waals surface area contributed by atoms with Crippen LogP contribution in [-0.4, -0.2) is 18.5 Å². The zero-order valence-corrected chi connectivity index (χ0v) is 14.4. The van der Waals surface area contributed by atoms with E-state index in [4.69, 9.17) is 0 Å². The summed E-state index contributed by atoms with van der Waals surface area (Å²) in [7, 11) is 0. The zero-order chi connectivity index (χ0) is 16.1. The summed E-state index contributed by atoms with van der Waals surface area (Å²) in [6.07, 6.45) is 7.32. The topological polar surface area (TPSA) is 17.1 Å². The molecular formula is C19H21BOS. The van der Waals surface area contributed by atoms with Crippen LogP contribution in [0.1, 0.15) is 40.9 Å². The lowest BCUT2D eigenvalue weighted by Crippen LogP contribution is -2.41. The Morgan fingerprint density at radius 2 is 1.55 bits per heavy atom. The van der Waals surface area contributed by atoms with Gasteiger partial charge in [-0.15, -0.1) is 0 Å². The van der Waals surface area contributed by atoms with Gasteiger partial charge < -0.3 is 0 Å². The maximum absolute atomic E-state index is 11.0. The Kier molecular flexibility index (Phi) is 5.67. The summed E-state index contributed by atoms with van der Waals surface area (Å²) in [4.78, 5) is 11.0. The Morgan fingerprint density at radius 3 is 2.14 bits per heavy atom. The summed E-state index contributed by atoms with van der Waals surface area (Å²) in [6, 6.07) is 12.6. The minimum atomic E-state index is 0.316. The molecule has 3 heteroatoms. The molecule has 0 unspecified atom stereocenters. The van der Waals surface area contributed by atoms with Crippen molar-refractivity contribution in [3.8, 4) is 0 Å². The molecule has 0 fully saturated rings. The van der Waals surface area contributed by atoms with Crippen LogP contribution in [0.4, 0.5) is 0 Å². The molecule has 1 nitrogen and oxygen atoms in total. The van der Waals surface area contributed by atoms with E-state index in [1.807, 2.05) is 37.6 Å². The van der Waals surface area contributed by atoms with Gasteiger partial charge in [-0.25, -0.2) is 11.6 Å². The van der Waals surface area contributed by atoms with Gasteiger partial charge in [-0.3, -0.25) is 4.79 Å². The molecule has 2 aromatic carbocycles. The monoisotopic (exact) mass is 308 g/mol. The van der Waals surface area contributed by atoms with E-state index in [1.54, 1.807) is 0 Å². The van der Waals surface area contributed by atoms with Crippen LogP contribution in [0, 0.1) is 6.92 Å². The van der Waals surface area contributed by atoms with Crippen molar-refractivity contribution in [2.24, 2.45) is 0 Å². The fraction of sp³-hybridized carbons (Fsp3) is 0.211. The van der Waals surface area contributed by atoms with Crippen LogP contribution in [0.25, 0.3) is 12.2 Å². The molecule has 3 rings (SSSR count). The van der Waals surface area contributed by atoms with Crippen LogP contribution in [-0.2, 0) is 0 Å². The van der Waals surface area contributed by atoms with Gasteiger partial charge in [0, 0.05) is 5.56 Å². The molecule has 22 heavy (non-hydrogen) atoms. The molecule has 0 aromatic heterocycles. The average molecular weight is 308 g/mol. The van der Waals surface area contributed by atoms with Gasteiger partial charge in [-0.2, -0.15) is 0 Å². The van der Waals surface area contributed by atoms with E-state index in [-0.39, 0.29) is 0 Å². The number of carbonyl (C=O) groups excluding carboxylic acids is 1. The number of aldehydes is 1. The third-order valence-electron chi connectivity index (χ3n) is 3.73. The second-order valence-corrected chi connectivity index (χ2v) is 6.03. The molecule has 1 aliphatic heterocycles. The van der Waals surface area contributed by atoms with Crippen LogP contribution < -0.4 is 10.9 Å². The molecule has 0 radical (unpaired) electrons. The van der Waals surface area contributed by atoms with Gasteiger partial charge in [0.25, 0.3) is 5.99 Å². The van der Waals surface area contributed by atoms with Crippen molar-refractivity contribution < 1.29 is 4.79 Å². The first kappa shape index (κ1) is 16.6. The van der Waals surface area contributed by atoms with Gasteiger partial charge in [-0.05, 0) is 30.4 Å². The number of hydrogen-bond donors (Lipinski definition) is 0. The molecule has 0 aliphatic carbocycles. The highest BCUT2D eigenvalue weighted by molar-refractivity contribution is 8.27. The molecular weight excluding hydrogens is 287 g/mol. The number of rotatable bonds is 2. The third-order valence-corrected chi connectivity index (χ3v) is 4.71. The molecule has 0 amide bonds. The van der Waals surface area contributed by atoms with Crippen molar-refractivity contribution in [1.82, 2.24) is 0 Å². The van der Waals surface area contributed by atoms with E-state index in [0.717, 1.165) is 17.4 Å². The fourth-order valence-electron chi connectivity index (χ4n) is 2.73. The fourth-order valence-corrected chi connectivity index (χ4v) is 3.67. The Morgan fingerprint density at radius 1 is 0.955 bits per heavy atom. The predicted octanol–water partition coefficient (Wildman–Crippen LogP) is 3.79. The summed E-state index contributed by atoms with van der Waals surface area (Å²) in [5.41, 5.74) is 7.04. The number of fused-ring (bicyclic) bond motifs is 2. The SMILES string of the molecule is CC.CSB1c2ccc(C)cc2C=Cc2cc(C=O)ccc21. The van der Waals surface area contributed by atoms with Gasteiger partial charge in [0.05, 0.1) is 0 Å². The van der Waals surface area contributed by atoms with Crippen LogP contribution >= 0.6 is 11.6 Å². The lowest BCUT2D eigenvalue weighted by atomic mass is 9.59. The highest BCUT2D eigenvalue weighted by atomic mass is 32.2. The predicted molar refractivity (Wildman–Crippen MR) is 102 cm³/mol. The Hall–Kier alpha value is -1.74. The molecule has 0 bridgehead atoms. The number of carbonyl (C=O) groups is 1. The van der Waals surface area contributed by atoms with E-state index >= 15 is 0 Å². The summed E-state index contributed by atoms with van der Waals surface area (Å²) >= 11 is 1.84.